The highest BCUT2D eigenvalue weighted by Crippen LogP contribution is 2.12. The third-order valence-electron chi connectivity index (χ3n) is 2.36. The SMILES string of the molecule is Br.CCc1cc2ncc(CBr)cc2[nH]c1=O. The van der Waals surface area contributed by atoms with Crippen LogP contribution in [0.2, 0.25) is 0 Å². The van der Waals surface area contributed by atoms with Crippen molar-refractivity contribution in [1.82, 2.24) is 9.97 Å². The van der Waals surface area contributed by atoms with Crippen molar-refractivity contribution in [2.75, 3.05) is 0 Å². The van der Waals surface area contributed by atoms with Gasteiger partial charge in [-0.25, -0.2) is 0 Å². The second-order valence-corrected chi connectivity index (χ2v) is 3.95. The molecule has 0 spiro atoms. The zero-order chi connectivity index (χ0) is 10.8. The molecule has 2 rings (SSSR count). The standard InChI is InChI=1S/C11H11BrN2O.BrH/c1-2-8-4-9-10(14-11(8)15)3-7(5-12)6-13-9;/h3-4,6H,2,5H2,1H3,(H,14,15);1H. The lowest BCUT2D eigenvalue weighted by Gasteiger charge is -2.01. The third kappa shape index (κ3) is 2.52. The molecule has 0 amide bonds. The Kier molecular flexibility index (Phi) is 4.68. The fraction of sp³-hybridized carbons (Fsp3) is 0.273. The maximum absolute atomic E-state index is 11.6. The molecule has 5 heteroatoms. The number of alkyl halides is 1. The van der Waals surface area contributed by atoms with Crippen LogP contribution in [0.5, 0.6) is 0 Å². The zero-order valence-corrected chi connectivity index (χ0v) is 12.1. The number of aromatic nitrogens is 2. The Bertz CT molecular complexity index is 551. The summed E-state index contributed by atoms with van der Waals surface area (Å²) in [6, 6.07) is 3.80. The molecule has 0 bridgehead atoms. The zero-order valence-electron chi connectivity index (χ0n) is 8.79. The van der Waals surface area contributed by atoms with Crippen LogP contribution in [0.4, 0.5) is 0 Å². The van der Waals surface area contributed by atoms with Gasteiger partial charge >= 0.3 is 0 Å². The molecule has 86 valence electrons. The van der Waals surface area contributed by atoms with E-state index < -0.39 is 0 Å². The topological polar surface area (TPSA) is 45.8 Å². The predicted octanol–water partition coefficient (Wildman–Crippen LogP) is 2.96. The van der Waals surface area contributed by atoms with Gasteiger partial charge in [0.2, 0.25) is 0 Å². The molecular weight excluding hydrogens is 336 g/mol. The average Bonchev–Trinajstić information content (AvgIpc) is 2.27. The van der Waals surface area contributed by atoms with Gasteiger partial charge in [-0.05, 0) is 24.1 Å². The summed E-state index contributed by atoms with van der Waals surface area (Å²) in [5.74, 6) is 0. The molecule has 0 atom stereocenters. The van der Waals surface area contributed by atoms with E-state index in [1.807, 2.05) is 25.3 Å². The Morgan fingerprint density at radius 1 is 1.44 bits per heavy atom. The maximum Gasteiger partial charge on any atom is 0.251 e. The van der Waals surface area contributed by atoms with Gasteiger partial charge in [-0.2, -0.15) is 0 Å². The number of halogens is 2. The molecule has 2 aromatic rings. The summed E-state index contributed by atoms with van der Waals surface area (Å²) in [7, 11) is 0. The Labute approximate surface area is 112 Å². The van der Waals surface area contributed by atoms with Gasteiger partial charge in [0.25, 0.3) is 5.56 Å². The number of aryl methyl sites for hydroxylation is 1. The monoisotopic (exact) mass is 346 g/mol. The lowest BCUT2D eigenvalue weighted by molar-refractivity contribution is 1.07. The van der Waals surface area contributed by atoms with Gasteiger partial charge < -0.3 is 4.98 Å². The highest BCUT2D eigenvalue weighted by molar-refractivity contribution is 9.08. The molecule has 0 saturated heterocycles. The Hall–Kier alpha value is -0.680. The van der Waals surface area contributed by atoms with Crippen molar-refractivity contribution >= 4 is 43.9 Å². The van der Waals surface area contributed by atoms with Crippen molar-refractivity contribution in [3.63, 3.8) is 0 Å². The lowest BCUT2D eigenvalue weighted by atomic mass is 10.2. The first-order chi connectivity index (χ1) is 7.24. The summed E-state index contributed by atoms with van der Waals surface area (Å²) in [6.07, 6.45) is 2.54. The third-order valence-corrected chi connectivity index (χ3v) is 3.01. The molecular formula is C11H12Br2N2O. The van der Waals surface area contributed by atoms with E-state index >= 15 is 0 Å². The molecule has 0 aromatic carbocycles. The molecule has 2 heterocycles. The minimum atomic E-state index is -0.0153. The molecule has 0 saturated carbocycles. The Balaban J connectivity index is 0.00000128. The van der Waals surface area contributed by atoms with Crippen molar-refractivity contribution in [1.29, 1.82) is 0 Å². The summed E-state index contributed by atoms with van der Waals surface area (Å²) < 4.78 is 0. The Morgan fingerprint density at radius 3 is 2.81 bits per heavy atom. The van der Waals surface area contributed by atoms with Gasteiger partial charge in [-0.3, -0.25) is 9.78 Å². The van der Waals surface area contributed by atoms with Crippen LogP contribution in [0.3, 0.4) is 0 Å². The quantitative estimate of drug-likeness (QED) is 0.849. The smallest absolute Gasteiger partial charge is 0.251 e. The number of nitrogens with one attached hydrogen (secondary N) is 1. The molecule has 0 fully saturated rings. The van der Waals surface area contributed by atoms with Gasteiger partial charge in [0.15, 0.2) is 0 Å². The molecule has 0 unspecified atom stereocenters. The van der Waals surface area contributed by atoms with Gasteiger partial charge in [-0.15, -0.1) is 17.0 Å². The van der Waals surface area contributed by atoms with Crippen molar-refractivity contribution in [2.45, 2.75) is 18.7 Å². The predicted molar refractivity (Wildman–Crippen MR) is 74.7 cm³/mol. The molecule has 0 aliphatic heterocycles. The first kappa shape index (κ1) is 13.4. The summed E-state index contributed by atoms with van der Waals surface area (Å²) >= 11 is 3.36. The number of rotatable bonds is 2. The molecule has 3 nitrogen and oxygen atoms in total. The van der Waals surface area contributed by atoms with Gasteiger partial charge in [0, 0.05) is 17.1 Å². The van der Waals surface area contributed by atoms with Crippen LogP contribution < -0.4 is 5.56 Å². The second-order valence-electron chi connectivity index (χ2n) is 3.39. The van der Waals surface area contributed by atoms with Crippen LogP contribution in [0.1, 0.15) is 18.1 Å². The summed E-state index contributed by atoms with van der Waals surface area (Å²) in [6.45, 7) is 1.96. The number of aromatic amines is 1. The van der Waals surface area contributed by atoms with E-state index in [9.17, 15) is 4.79 Å². The Morgan fingerprint density at radius 2 is 2.19 bits per heavy atom. The highest BCUT2D eigenvalue weighted by Gasteiger charge is 2.02. The van der Waals surface area contributed by atoms with Gasteiger partial charge in [0.1, 0.15) is 0 Å². The number of fused-ring (bicyclic) bond motifs is 1. The number of nitrogens with zero attached hydrogens (tertiary/aromatic N) is 1. The largest absolute Gasteiger partial charge is 0.320 e. The summed E-state index contributed by atoms with van der Waals surface area (Å²) in [5.41, 5.74) is 3.47. The number of pyridine rings is 2. The van der Waals surface area contributed by atoms with Crippen LogP contribution >= 0.6 is 32.9 Å². The van der Waals surface area contributed by atoms with Crippen molar-refractivity contribution in [2.24, 2.45) is 0 Å². The fourth-order valence-electron chi connectivity index (χ4n) is 1.50. The van der Waals surface area contributed by atoms with Crippen LogP contribution in [-0.4, -0.2) is 9.97 Å². The van der Waals surface area contributed by atoms with Crippen LogP contribution in [0, 0.1) is 0 Å². The maximum atomic E-state index is 11.6. The molecule has 0 aliphatic carbocycles. The van der Waals surface area contributed by atoms with E-state index in [1.165, 1.54) is 0 Å². The first-order valence-corrected chi connectivity index (χ1v) is 5.93. The van der Waals surface area contributed by atoms with E-state index in [-0.39, 0.29) is 22.5 Å². The van der Waals surface area contributed by atoms with E-state index in [1.54, 1.807) is 0 Å². The van der Waals surface area contributed by atoms with Crippen molar-refractivity contribution in [3.05, 3.63) is 39.8 Å². The van der Waals surface area contributed by atoms with E-state index in [0.29, 0.717) is 0 Å². The molecule has 2 aromatic heterocycles. The summed E-state index contributed by atoms with van der Waals surface area (Å²) in [5, 5.41) is 0.744. The summed E-state index contributed by atoms with van der Waals surface area (Å²) in [4.78, 5) is 18.7. The van der Waals surface area contributed by atoms with E-state index in [4.69, 9.17) is 0 Å². The molecule has 1 N–H and O–H groups in total. The lowest BCUT2D eigenvalue weighted by Crippen LogP contribution is -2.11. The second kappa shape index (κ2) is 5.59. The van der Waals surface area contributed by atoms with E-state index in [0.717, 1.165) is 33.9 Å². The molecule has 0 radical (unpaired) electrons. The fourth-order valence-corrected chi connectivity index (χ4v) is 1.81. The van der Waals surface area contributed by atoms with Gasteiger partial charge in [-0.1, -0.05) is 22.9 Å². The van der Waals surface area contributed by atoms with E-state index in [2.05, 4.69) is 25.9 Å². The number of hydrogen-bond donors (Lipinski definition) is 1. The van der Waals surface area contributed by atoms with Gasteiger partial charge in [0.05, 0.1) is 11.0 Å². The normalized spacial score (nSPS) is 10.1. The molecule has 16 heavy (non-hydrogen) atoms. The highest BCUT2D eigenvalue weighted by atomic mass is 79.9. The average molecular weight is 348 g/mol. The number of H-pyrrole nitrogens is 1. The first-order valence-electron chi connectivity index (χ1n) is 4.81. The van der Waals surface area contributed by atoms with Crippen LogP contribution in [-0.2, 0) is 11.8 Å². The van der Waals surface area contributed by atoms with Crippen LogP contribution in [0.25, 0.3) is 11.0 Å². The number of hydrogen-bond acceptors (Lipinski definition) is 2. The van der Waals surface area contributed by atoms with Crippen molar-refractivity contribution in [3.8, 4) is 0 Å². The molecule has 0 aliphatic rings. The minimum absolute atomic E-state index is 0. The van der Waals surface area contributed by atoms with Crippen molar-refractivity contribution < 1.29 is 0 Å². The van der Waals surface area contributed by atoms with Crippen LogP contribution in [0.15, 0.2) is 23.1 Å². The minimum Gasteiger partial charge on any atom is -0.320 e.